The van der Waals surface area contributed by atoms with Crippen LogP contribution < -0.4 is 0 Å². The molecule has 0 aliphatic carbocycles. The van der Waals surface area contributed by atoms with E-state index in [0.29, 0.717) is 24.3 Å². The van der Waals surface area contributed by atoms with Crippen LogP contribution in [0.1, 0.15) is 11.1 Å². The van der Waals surface area contributed by atoms with Gasteiger partial charge in [0.1, 0.15) is 0 Å². The van der Waals surface area contributed by atoms with Crippen molar-refractivity contribution in [1.29, 1.82) is 0 Å². The van der Waals surface area contributed by atoms with Gasteiger partial charge in [-0.25, -0.2) is 0 Å². The van der Waals surface area contributed by atoms with E-state index in [1.165, 1.54) is 0 Å². The molecule has 0 saturated heterocycles. The fourth-order valence-electron chi connectivity index (χ4n) is 0.982. The molecular weight excluding hydrogens is 255 g/mol. The van der Waals surface area contributed by atoms with Crippen molar-refractivity contribution in [3.8, 4) is 0 Å². The van der Waals surface area contributed by atoms with E-state index in [-0.39, 0.29) is 0 Å². The zero-order chi connectivity index (χ0) is 12.6. The second-order valence-electron chi connectivity index (χ2n) is 2.92. The quantitative estimate of drug-likeness (QED) is 0.585. The summed E-state index contributed by atoms with van der Waals surface area (Å²) >= 11 is 4.62. The number of rotatable bonds is 2. The van der Waals surface area contributed by atoms with Crippen LogP contribution in [-0.2, 0) is 16.9 Å². The van der Waals surface area contributed by atoms with Gasteiger partial charge in [-0.3, -0.25) is 4.79 Å². The van der Waals surface area contributed by atoms with Crippen molar-refractivity contribution in [2.24, 2.45) is 0 Å². The minimum absolute atomic E-state index is 0.461. The van der Waals surface area contributed by atoms with Gasteiger partial charge >= 0.3 is 12.1 Å². The van der Waals surface area contributed by atoms with E-state index >= 15 is 0 Å². The van der Waals surface area contributed by atoms with Gasteiger partial charge < -0.3 is 0 Å². The Balaban J connectivity index is 3.09. The Labute approximate surface area is 91.8 Å². The molecule has 1 nitrogen and oxygen atoms in total. The molecule has 0 unspecified atom stereocenters. The molecule has 0 fully saturated rings. The van der Waals surface area contributed by atoms with Gasteiger partial charge in [-0.2, -0.15) is 22.0 Å². The number of hydrogen-bond acceptors (Lipinski definition) is 1. The van der Waals surface area contributed by atoms with Crippen LogP contribution in [0.15, 0.2) is 24.3 Å². The fourth-order valence-corrected chi connectivity index (χ4v) is 1.09. The number of halogens is 6. The van der Waals surface area contributed by atoms with E-state index in [4.69, 9.17) is 0 Å². The molecule has 0 aliphatic rings. The molecule has 16 heavy (non-hydrogen) atoms. The number of alkyl halides is 5. The van der Waals surface area contributed by atoms with Crippen molar-refractivity contribution in [3.63, 3.8) is 0 Å². The third kappa shape index (κ3) is 2.49. The lowest BCUT2D eigenvalue weighted by molar-refractivity contribution is -0.137. The zero-order valence-corrected chi connectivity index (χ0v) is 8.24. The summed E-state index contributed by atoms with van der Waals surface area (Å²) in [4.78, 5) is 10.3. The van der Waals surface area contributed by atoms with Crippen LogP contribution in [0.2, 0.25) is 0 Å². The third-order valence-corrected chi connectivity index (χ3v) is 2.06. The van der Waals surface area contributed by atoms with E-state index in [9.17, 15) is 26.7 Å². The second kappa shape index (κ2) is 4.01. The average molecular weight is 259 g/mol. The molecule has 0 aliphatic heterocycles. The van der Waals surface area contributed by atoms with E-state index in [0.717, 1.165) is 0 Å². The molecule has 88 valence electrons. The van der Waals surface area contributed by atoms with Crippen LogP contribution >= 0.6 is 11.6 Å². The summed E-state index contributed by atoms with van der Waals surface area (Å²) in [6, 6.07) is 1.96. The Morgan fingerprint density at radius 1 is 0.938 bits per heavy atom. The Bertz CT molecular complexity index is 395. The Morgan fingerprint density at radius 2 is 1.31 bits per heavy atom. The second-order valence-corrected chi connectivity index (χ2v) is 3.27. The first-order chi connectivity index (χ1) is 7.15. The van der Waals surface area contributed by atoms with Crippen LogP contribution in [-0.4, -0.2) is 5.24 Å². The molecule has 1 aromatic rings. The van der Waals surface area contributed by atoms with Crippen LogP contribution in [0.5, 0.6) is 0 Å². The molecular formula is C9H4ClF5O. The van der Waals surface area contributed by atoms with Gasteiger partial charge in [0, 0.05) is 5.56 Å². The number of hydrogen-bond donors (Lipinski definition) is 0. The predicted molar refractivity (Wildman–Crippen MR) is 46.2 cm³/mol. The van der Waals surface area contributed by atoms with Gasteiger partial charge in [0.2, 0.25) is 0 Å². The summed E-state index contributed by atoms with van der Waals surface area (Å²) in [6.45, 7) is 0. The van der Waals surface area contributed by atoms with Gasteiger partial charge in [0.05, 0.1) is 5.56 Å². The van der Waals surface area contributed by atoms with E-state index in [1.54, 1.807) is 0 Å². The van der Waals surface area contributed by atoms with E-state index < -0.39 is 28.5 Å². The fraction of sp³-hybridized carbons (Fsp3) is 0.222. The minimum atomic E-state index is -4.61. The van der Waals surface area contributed by atoms with Crippen molar-refractivity contribution in [2.75, 3.05) is 0 Å². The van der Waals surface area contributed by atoms with Gasteiger partial charge in [0.25, 0.3) is 5.24 Å². The monoisotopic (exact) mass is 258 g/mol. The maximum absolute atomic E-state index is 12.9. The molecule has 7 heteroatoms. The first kappa shape index (κ1) is 12.9. The van der Waals surface area contributed by atoms with Gasteiger partial charge in [-0.15, -0.1) is 0 Å². The Morgan fingerprint density at radius 3 is 1.62 bits per heavy atom. The van der Waals surface area contributed by atoms with Crippen molar-refractivity contribution in [2.45, 2.75) is 12.1 Å². The largest absolute Gasteiger partial charge is 0.416 e. The van der Waals surface area contributed by atoms with Crippen LogP contribution in [0.4, 0.5) is 22.0 Å². The van der Waals surface area contributed by atoms with Crippen LogP contribution in [0.3, 0.4) is 0 Å². The SMILES string of the molecule is O=C(Cl)C(F)(F)c1ccc(C(F)(F)F)cc1. The highest BCUT2D eigenvalue weighted by atomic mass is 35.5. The molecule has 0 amide bonds. The summed E-state index contributed by atoms with van der Waals surface area (Å²) in [5.41, 5.74) is -1.95. The Kier molecular flexibility index (Phi) is 3.23. The lowest BCUT2D eigenvalue weighted by Crippen LogP contribution is -2.21. The Hall–Kier alpha value is -1.17. The van der Waals surface area contributed by atoms with Gasteiger partial charge in [-0.1, -0.05) is 12.1 Å². The molecule has 0 radical (unpaired) electrons. The maximum Gasteiger partial charge on any atom is 0.416 e. The molecule has 0 aromatic heterocycles. The van der Waals surface area contributed by atoms with E-state index in [2.05, 4.69) is 11.6 Å². The molecule has 1 rings (SSSR count). The molecule has 0 N–H and O–H groups in total. The average Bonchev–Trinajstić information content (AvgIpc) is 2.16. The summed E-state index contributed by atoms with van der Waals surface area (Å²) in [6.07, 6.45) is -4.61. The maximum atomic E-state index is 12.9. The van der Waals surface area contributed by atoms with E-state index in [1.807, 2.05) is 0 Å². The highest BCUT2D eigenvalue weighted by Gasteiger charge is 2.40. The van der Waals surface area contributed by atoms with Crippen molar-refractivity contribution >= 4 is 16.8 Å². The first-order valence-electron chi connectivity index (χ1n) is 3.91. The lowest BCUT2D eigenvalue weighted by Gasteiger charge is -2.12. The standard InChI is InChI=1S/C9H4ClF5O/c10-7(16)8(11,12)5-1-3-6(4-2-5)9(13,14)15/h1-4H. The third-order valence-electron chi connectivity index (χ3n) is 1.82. The summed E-state index contributed by atoms with van der Waals surface area (Å²) in [7, 11) is 0. The highest BCUT2D eigenvalue weighted by molar-refractivity contribution is 6.65. The molecule has 1 aromatic carbocycles. The van der Waals surface area contributed by atoms with Gasteiger partial charge in [0.15, 0.2) is 0 Å². The molecule has 0 saturated carbocycles. The van der Waals surface area contributed by atoms with Crippen LogP contribution in [0.25, 0.3) is 0 Å². The molecule has 0 atom stereocenters. The topological polar surface area (TPSA) is 17.1 Å². The zero-order valence-electron chi connectivity index (χ0n) is 7.49. The number of benzene rings is 1. The molecule has 0 heterocycles. The summed E-state index contributed by atoms with van der Waals surface area (Å²) in [5, 5.41) is -1.94. The lowest BCUT2D eigenvalue weighted by atomic mass is 10.1. The van der Waals surface area contributed by atoms with Crippen LogP contribution in [0, 0.1) is 0 Å². The minimum Gasteiger partial charge on any atom is -0.274 e. The normalized spacial score (nSPS) is 12.6. The molecule has 0 bridgehead atoms. The van der Waals surface area contributed by atoms with Gasteiger partial charge in [-0.05, 0) is 23.7 Å². The number of carbonyl (C=O) groups is 1. The summed E-state index contributed by atoms with van der Waals surface area (Å²) in [5.74, 6) is -3.98. The smallest absolute Gasteiger partial charge is 0.274 e. The summed E-state index contributed by atoms with van der Waals surface area (Å²) < 4.78 is 62.2. The highest BCUT2D eigenvalue weighted by Crippen LogP contribution is 2.34. The van der Waals surface area contributed by atoms with Crippen molar-refractivity contribution in [3.05, 3.63) is 35.4 Å². The number of carbonyl (C=O) groups excluding carboxylic acids is 1. The predicted octanol–water partition coefficient (Wildman–Crippen LogP) is 3.56. The van der Waals surface area contributed by atoms with Crippen molar-refractivity contribution < 1.29 is 26.7 Å². The molecule has 0 spiro atoms. The first-order valence-corrected chi connectivity index (χ1v) is 4.29. The van der Waals surface area contributed by atoms with Crippen molar-refractivity contribution in [1.82, 2.24) is 0 Å².